The summed E-state index contributed by atoms with van der Waals surface area (Å²) in [5.41, 5.74) is 0. The molecule has 0 saturated carbocycles. The van der Waals surface area contributed by atoms with Crippen molar-refractivity contribution in [2.75, 3.05) is 29.4 Å². The predicted octanol–water partition coefficient (Wildman–Crippen LogP) is 2.18. The molecule has 27 heavy (non-hydrogen) atoms. The highest BCUT2D eigenvalue weighted by Crippen LogP contribution is 2.32. The Labute approximate surface area is 161 Å². The Hall–Kier alpha value is -2.42. The van der Waals surface area contributed by atoms with E-state index >= 15 is 0 Å². The molecule has 1 atom stereocenters. The van der Waals surface area contributed by atoms with Crippen LogP contribution in [0, 0.1) is 5.92 Å². The highest BCUT2D eigenvalue weighted by molar-refractivity contribution is 7.19. The zero-order valence-electron chi connectivity index (χ0n) is 15.1. The lowest BCUT2D eigenvalue weighted by Crippen LogP contribution is -2.42. The van der Waals surface area contributed by atoms with Gasteiger partial charge in [-0.15, -0.1) is 10.2 Å². The maximum Gasteiger partial charge on any atom is 0.228 e. The molecule has 2 aromatic rings. The summed E-state index contributed by atoms with van der Waals surface area (Å²) in [4.78, 5) is 28.4. The number of carbonyl (C=O) groups excluding carboxylic acids is 2. The van der Waals surface area contributed by atoms with Crippen molar-refractivity contribution < 1.29 is 14.0 Å². The van der Waals surface area contributed by atoms with Gasteiger partial charge in [0.1, 0.15) is 5.76 Å². The zero-order chi connectivity index (χ0) is 18.6. The second-order valence-electron chi connectivity index (χ2n) is 6.95. The minimum Gasteiger partial charge on any atom is -0.467 e. The summed E-state index contributed by atoms with van der Waals surface area (Å²) in [6.07, 6.45) is 5.91. The van der Waals surface area contributed by atoms with Gasteiger partial charge in [-0.25, -0.2) is 0 Å². The van der Waals surface area contributed by atoms with Crippen LogP contribution >= 0.6 is 11.3 Å². The fourth-order valence-corrected chi connectivity index (χ4v) is 4.47. The number of nitrogens with zero attached hydrogens (tertiary/aromatic N) is 4. The number of furan rings is 1. The van der Waals surface area contributed by atoms with Crippen LogP contribution < -0.4 is 15.1 Å². The summed E-state index contributed by atoms with van der Waals surface area (Å²) in [5, 5.41) is 12.9. The first-order valence-electron chi connectivity index (χ1n) is 9.39. The Kier molecular flexibility index (Phi) is 5.38. The van der Waals surface area contributed by atoms with E-state index in [4.69, 9.17) is 4.42 Å². The van der Waals surface area contributed by atoms with E-state index in [0.717, 1.165) is 43.1 Å². The largest absolute Gasteiger partial charge is 0.467 e. The van der Waals surface area contributed by atoms with Gasteiger partial charge in [0, 0.05) is 26.1 Å². The topological polar surface area (TPSA) is 91.6 Å². The van der Waals surface area contributed by atoms with Crippen LogP contribution in [0.1, 0.15) is 37.9 Å². The fourth-order valence-electron chi connectivity index (χ4n) is 3.55. The monoisotopic (exact) mass is 389 g/mol. The van der Waals surface area contributed by atoms with E-state index < -0.39 is 0 Å². The fraction of sp³-hybridized carbons (Fsp3) is 0.556. The minimum atomic E-state index is -0.0855. The molecule has 0 aromatic carbocycles. The van der Waals surface area contributed by atoms with Crippen LogP contribution in [0.25, 0.3) is 0 Å². The third-order valence-electron chi connectivity index (χ3n) is 5.04. The summed E-state index contributed by atoms with van der Waals surface area (Å²) < 4.78 is 5.26. The number of amides is 2. The Bertz CT molecular complexity index is 791. The highest BCUT2D eigenvalue weighted by Gasteiger charge is 2.29. The van der Waals surface area contributed by atoms with E-state index in [0.29, 0.717) is 31.2 Å². The number of rotatable bonds is 5. The molecule has 2 saturated heterocycles. The van der Waals surface area contributed by atoms with Gasteiger partial charge in [-0.2, -0.15) is 0 Å². The van der Waals surface area contributed by atoms with E-state index in [2.05, 4.69) is 20.4 Å². The van der Waals surface area contributed by atoms with Crippen molar-refractivity contribution in [2.24, 2.45) is 5.92 Å². The molecule has 4 heterocycles. The first-order valence-corrected chi connectivity index (χ1v) is 10.2. The van der Waals surface area contributed by atoms with Crippen molar-refractivity contribution in [3.8, 4) is 0 Å². The lowest BCUT2D eigenvalue weighted by molar-refractivity contribution is -0.125. The van der Waals surface area contributed by atoms with Crippen LogP contribution in [0.15, 0.2) is 22.8 Å². The average Bonchev–Trinajstić information content (AvgIpc) is 3.39. The zero-order valence-corrected chi connectivity index (χ0v) is 15.9. The summed E-state index contributed by atoms with van der Waals surface area (Å²) in [5.74, 6) is 0.818. The predicted molar refractivity (Wildman–Crippen MR) is 102 cm³/mol. The number of hydrogen-bond acceptors (Lipinski definition) is 7. The van der Waals surface area contributed by atoms with Crippen molar-refractivity contribution in [3.05, 3.63) is 24.2 Å². The number of piperidine rings is 2. The van der Waals surface area contributed by atoms with Gasteiger partial charge in [0.2, 0.25) is 22.1 Å². The minimum absolute atomic E-state index is 0.0343. The Morgan fingerprint density at radius 1 is 1.26 bits per heavy atom. The molecule has 0 radical (unpaired) electrons. The molecule has 9 heteroatoms. The standard InChI is InChI=1S/C18H23N5O3S/c24-15-7-1-2-9-23(15)18-21-20-17(27-18)22-8-3-5-13(12-22)16(25)19-11-14-6-4-10-26-14/h4,6,10,13H,1-3,5,7-9,11-12H2,(H,19,25). The number of aromatic nitrogens is 2. The third-order valence-corrected chi connectivity index (χ3v) is 6.04. The van der Waals surface area contributed by atoms with Crippen molar-refractivity contribution in [2.45, 2.75) is 38.6 Å². The van der Waals surface area contributed by atoms with Gasteiger partial charge in [-0.1, -0.05) is 11.3 Å². The van der Waals surface area contributed by atoms with Gasteiger partial charge >= 0.3 is 0 Å². The average molecular weight is 389 g/mol. The molecule has 1 N–H and O–H groups in total. The molecule has 4 rings (SSSR count). The van der Waals surface area contributed by atoms with E-state index in [1.165, 1.54) is 11.3 Å². The maximum absolute atomic E-state index is 12.5. The van der Waals surface area contributed by atoms with E-state index in [1.54, 1.807) is 11.2 Å². The smallest absolute Gasteiger partial charge is 0.228 e. The molecule has 144 valence electrons. The first kappa shape index (κ1) is 18.0. The molecule has 2 aromatic heterocycles. The molecule has 2 aliphatic rings. The molecule has 8 nitrogen and oxygen atoms in total. The molecule has 0 aliphatic carbocycles. The van der Waals surface area contributed by atoms with Crippen LogP contribution in [0.3, 0.4) is 0 Å². The van der Waals surface area contributed by atoms with E-state index in [1.807, 2.05) is 12.1 Å². The summed E-state index contributed by atoms with van der Waals surface area (Å²) in [7, 11) is 0. The Balaban J connectivity index is 1.36. The van der Waals surface area contributed by atoms with Crippen molar-refractivity contribution in [1.82, 2.24) is 15.5 Å². The molecule has 1 unspecified atom stereocenters. The lowest BCUT2D eigenvalue weighted by Gasteiger charge is -2.31. The number of hydrogen-bond donors (Lipinski definition) is 1. The molecule has 0 spiro atoms. The van der Waals surface area contributed by atoms with Crippen LogP contribution in [0.4, 0.5) is 10.3 Å². The van der Waals surface area contributed by atoms with Crippen LogP contribution in [-0.2, 0) is 16.1 Å². The van der Waals surface area contributed by atoms with Gasteiger partial charge in [0.05, 0.1) is 18.7 Å². The van der Waals surface area contributed by atoms with Gasteiger partial charge in [0.25, 0.3) is 0 Å². The van der Waals surface area contributed by atoms with Crippen LogP contribution in [-0.4, -0.2) is 41.6 Å². The summed E-state index contributed by atoms with van der Waals surface area (Å²) in [6.45, 7) is 2.59. The van der Waals surface area contributed by atoms with Crippen molar-refractivity contribution in [1.29, 1.82) is 0 Å². The van der Waals surface area contributed by atoms with Crippen LogP contribution in [0.2, 0.25) is 0 Å². The summed E-state index contributed by atoms with van der Waals surface area (Å²) in [6, 6.07) is 3.65. The van der Waals surface area contributed by atoms with Gasteiger partial charge in [0.15, 0.2) is 0 Å². The third kappa shape index (κ3) is 4.13. The number of carbonyl (C=O) groups is 2. The second-order valence-corrected chi connectivity index (χ2v) is 7.89. The van der Waals surface area contributed by atoms with E-state index in [9.17, 15) is 9.59 Å². The van der Waals surface area contributed by atoms with Gasteiger partial charge in [-0.3, -0.25) is 14.5 Å². The quantitative estimate of drug-likeness (QED) is 0.843. The summed E-state index contributed by atoms with van der Waals surface area (Å²) >= 11 is 1.44. The Morgan fingerprint density at radius 2 is 2.15 bits per heavy atom. The van der Waals surface area contributed by atoms with Crippen molar-refractivity contribution in [3.63, 3.8) is 0 Å². The lowest BCUT2D eigenvalue weighted by atomic mass is 9.97. The van der Waals surface area contributed by atoms with Gasteiger partial charge in [-0.05, 0) is 37.8 Å². The van der Waals surface area contributed by atoms with Crippen LogP contribution in [0.5, 0.6) is 0 Å². The van der Waals surface area contributed by atoms with Gasteiger partial charge < -0.3 is 14.6 Å². The molecular weight excluding hydrogens is 366 g/mol. The molecular formula is C18H23N5O3S. The second kappa shape index (κ2) is 8.08. The number of anilines is 2. The van der Waals surface area contributed by atoms with Crippen molar-refractivity contribution >= 4 is 33.4 Å². The molecule has 2 fully saturated rings. The maximum atomic E-state index is 12.5. The van der Waals surface area contributed by atoms with E-state index in [-0.39, 0.29) is 17.7 Å². The molecule has 0 bridgehead atoms. The normalized spacial score (nSPS) is 20.7. The molecule has 2 aliphatic heterocycles. The Morgan fingerprint density at radius 3 is 2.96 bits per heavy atom. The SMILES string of the molecule is O=C(NCc1ccco1)C1CCCN(c2nnc(N3CCCCC3=O)s2)C1. The number of nitrogens with one attached hydrogen (secondary N) is 1. The first-order chi connectivity index (χ1) is 13.2. The highest BCUT2D eigenvalue weighted by atomic mass is 32.1. The molecule has 2 amide bonds.